The molecule has 0 unspecified atom stereocenters. The van der Waals surface area contributed by atoms with Crippen LogP contribution in [-0.4, -0.2) is 67.4 Å². The first-order chi connectivity index (χ1) is 16.5. The van der Waals surface area contributed by atoms with E-state index in [1.54, 1.807) is 6.20 Å². The van der Waals surface area contributed by atoms with Crippen molar-refractivity contribution in [3.63, 3.8) is 0 Å². The van der Waals surface area contributed by atoms with E-state index in [-0.39, 0.29) is 6.04 Å². The van der Waals surface area contributed by atoms with E-state index in [9.17, 15) is 0 Å². The molecule has 0 bridgehead atoms. The Morgan fingerprint density at radius 3 is 2.59 bits per heavy atom. The van der Waals surface area contributed by atoms with Crippen LogP contribution in [0.1, 0.15) is 38.3 Å². The summed E-state index contributed by atoms with van der Waals surface area (Å²) in [5, 5.41) is 7.97. The summed E-state index contributed by atoms with van der Waals surface area (Å²) >= 11 is 0. The zero-order chi connectivity index (χ0) is 23.7. The largest absolute Gasteiger partial charge is 0.364 e. The van der Waals surface area contributed by atoms with E-state index in [1.165, 1.54) is 0 Å². The van der Waals surface area contributed by atoms with Crippen molar-refractivity contribution in [2.45, 2.75) is 45.3 Å². The minimum absolute atomic E-state index is 0.264. The number of hydrogen-bond donors (Lipinski definition) is 1. The highest BCUT2D eigenvalue weighted by molar-refractivity contribution is 5.84. The summed E-state index contributed by atoms with van der Waals surface area (Å²) in [4.78, 5) is 19.2. The Kier molecular flexibility index (Phi) is 6.19. The van der Waals surface area contributed by atoms with Gasteiger partial charge in [-0.25, -0.2) is 9.67 Å². The maximum absolute atomic E-state index is 4.97. The van der Waals surface area contributed by atoms with Gasteiger partial charge in [0.25, 0.3) is 0 Å². The summed E-state index contributed by atoms with van der Waals surface area (Å²) < 4.78 is 4.01. The zero-order valence-corrected chi connectivity index (χ0v) is 20.4. The molecule has 0 atom stereocenters. The molecule has 1 aliphatic heterocycles. The van der Waals surface area contributed by atoms with Crippen LogP contribution < -0.4 is 10.2 Å². The molecule has 4 aromatic rings. The number of hydrogen-bond acceptors (Lipinski definition) is 7. The summed E-state index contributed by atoms with van der Waals surface area (Å²) in [6.45, 7) is 6.81. The number of piperidine rings is 1. The Bertz CT molecular complexity index is 1230. The molecule has 3 aromatic heterocycles. The van der Waals surface area contributed by atoms with Crippen molar-refractivity contribution in [2.75, 3.05) is 37.4 Å². The molecule has 1 aliphatic rings. The minimum atomic E-state index is 0.264. The summed E-state index contributed by atoms with van der Waals surface area (Å²) in [6, 6.07) is 11.1. The highest BCUT2D eigenvalue weighted by Crippen LogP contribution is 2.27. The molecule has 0 radical (unpaired) electrons. The molecule has 9 heteroatoms. The van der Waals surface area contributed by atoms with Crippen molar-refractivity contribution < 1.29 is 0 Å². The lowest BCUT2D eigenvalue weighted by atomic mass is 10.0. The van der Waals surface area contributed by atoms with Crippen molar-refractivity contribution in [1.82, 2.24) is 34.2 Å². The molecule has 34 heavy (non-hydrogen) atoms. The number of anilines is 2. The molecule has 1 saturated heterocycles. The van der Waals surface area contributed by atoms with Gasteiger partial charge in [0.1, 0.15) is 0 Å². The summed E-state index contributed by atoms with van der Waals surface area (Å²) in [6.07, 6.45) is 7.84. The van der Waals surface area contributed by atoms with E-state index >= 15 is 0 Å². The first-order valence-electron chi connectivity index (χ1n) is 12.0. The van der Waals surface area contributed by atoms with Gasteiger partial charge in [-0.2, -0.15) is 15.1 Å². The van der Waals surface area contributed by atoms with E-state index in [0.29, 0.717) is 12.6 Å². The van der Waals surface area contributed by atoms with E-state index in [4.69, 9.17) is 9.97 Å². The number of nitrogens with one attached hydrogen (secondary N) is 1. The Balaban J connectivity index is 1.46. The van der Waals surface area contributed by atoms with E-state index in [2.05, 4.69) is 69.8 Å². The zero-order valence-electron chi connectivity index (χ0n) is 20.4. The molecule has 5 rings (SSSR count). The van der Waals surface area contributed by atoms with Crippen LogP contribution >= 0.6 is 0 Å². The van der Waals surface area contributed by atoms with E-state index < -0.39 is 0 Å². The number of imidazole rings is 1. The predicted octanol–water partition coefficient (Wildman–Crippen LogP) is 3.74. The molecular formula is C25H33N9. The first-order valence-corrected chi connectivity index (χ1v) is 12.0. The fraction of sp³-hybridized carbons (Fsp3) is 0.440. The lowest BCUT2D eigenvalue weighted by molar-refractivity contribution is 0.249. The molecule has 9 nitrogen and oxygen atoms in total. The second-order valence-electron chi connectivity index (χ2n) is 9.40. The maximum Gasteiger partial charge on any atom is 0.229 e. The van der Waals surface area contributed by atoms with Crippen LogP contribution in [0.25, 0.3) is 16.9 Å². The topological polar surface area (TPSA) is 79.9 Å². The van der Waals surface area contributed by atoms with Gasteiger partial charge in [0.2, 0.25) is 5.95 Å². The maximum atomic E-state index is 4.97. The lowest BCUT2D eigenvalue weighted by Gasteiger charge is -2.35. The number of para-hydroxylation sites is 1. The van der Waals surface area contributed by atoms with Gasteiger partial charge in [-0.1, -0.05) is 18.2 Å². The molecule has 178 valence electrons. The van der Waals surface area contributed by atoms with Gasteiger partial charge < -0.3 is 19.7 Å². The van der Waals surface area contributed by atoms with Gasteiger partial charge in [0.15, 0.2) is 17.0 Å². The monoisotopic (exact) mass is 459 g/mol. The molecule has 0 amide bonds. The number of aromatic nitrogens is 6. The second-order valence-corrected chi connectivity index (χ2v) is 9.40. The molecule has 1 N–H and O–H groups in total. The van der Waals surface area contributed by atoms with Gasteiger partial charge in [-0.05, 0) is 58.5 Å². The number of rotatable bonds is 7. The number of fused-ring (bicyclic) bond motifs is 1. The van der Waals surface area contributed by atoms with Crippen LogP contribution in [0.15, 0.2) is 49.1 Å². The van der Waals surface area contributed by atoms with Crippen LogP contribution in [0, 0.1) is 0 Å². The molecular weight excluding hydrogens is 426 g/mol. The average molecular weight is 460 g/mol. The van der Waals surface area contributed by atoms with Crippen molar-refractivity contribution >= 4 is 22.9 Å². The third kappa shape index (κ3) is 4.35. The average Bonchev–Trinajstić information content (AvgIpc) is 3.53. The van der Waals surface area contributed by atoms with Gasteiger partial charge in [0, 0.05) is 44.1 Å². The van der Waals surface area contributed by atoms with Crippen molar-refractivity contribution in [2.24, 2.45) is 0 Å². The second kappa shape index (κ2) is 9.42. The highest BCUT2D eigenvalue weighted by atomic mass is 15.3. The SMILES string of the molecule is CC(C)n1cnc2c(NCc3ccccc3-n3cccn3)nc(N3CCC(N(C)C)CC3)nc21. The predicted molar refractivity (Wildman–Crippen MR) is 136 cm³/mol. The van der Waals surface area contributed by atoms with Gasteiger partial charge in [-0.3, -0.25) is 0 Å². The van der Waals surface area contributed by atoms with Gasteiger partial charge >= 0.3 is 0 Å². The Morgan fingerprint density at radius 2 is 1.88 bits per heavy atom. The Labute approximate surface area is 200 Å². The van der Waals surface area contributed by atoms with Gasteiger partial charge in [-0.15, -0.1) is 0 Å². The van der Waals surface area contributed by atoms with E-state index in [0.717, 1.165) is 60.1 Å². The smallest absolute Gasteiger partial charge is 0.229 e. The molecule has 0 saturated carbocycles. The third-order valence-electron chi connectivity index (χ3n) is 6.63. The van der Waals surface area contributed by atoms with Crippen LogP contribution in [0.5, 0.6) is 0 Å². The van der Waals surface area contributed by atoms with Gasteiger partial charge in [0.05, 0.1) is 12.0 Å². The van der Waals surface area contributed by atoms with Crippen LogP contribution in [0.2, 0.25) is 0 Å². The van der Waals surface area contributed by atoms with Crippen molar-refractivity contribution in [1.29, 1.82) is 0 Å². The molecule has 0 spiro atoms. The van der Waals surface area contributed by atoms with E-state index in [1.807, 2.05) is 35.4 Å². The Morgan fingerprint density at radius 1 is 1.09 bits per heavy atom. The number of benzene rings is 1. The lowest BCUT2D eigenvalue weighted by Crippen LogP contribution is -2.42. The molecule has 1 fully saturated rings. The normalized spacial score (nSPS) is 15.1. The quantitative estimate of drug-likeness (QED) is 0.451. The Hall–Kier alpha value is -3.46. The molecule has 0 aliphatic carbocycles. The fourth-order valence-corrected chi connectivity index (χ4v) is 4.60. The van der Waals surface area contributed by atoms with Crippen molar-refractivity contribution in [3.8, 4) is 5.69 Å². The first kappa shape index (κ1) is 22.3. The van der Waals surface area contributed by atoms with Crippen LogP contribution in [-0.2, 0) is 6.54 Å². The minimum Gasteiger partial charge on any atom is -0.364 e. The van der Waals surface area contributed by atoms with Crippen LogP contribution in [0.4, 0.5) is 11.8 Å². The van der Waals surface area contributed by atoms with Crippen molar-refractivity contribution in [3.05, 3.63) is 54.6 Å². The summed E-state index contributed by atoms with van der Waals surface area (Å²) in [5.74, 6) is 1.54. The third-order valence-corrected chi connectivity index (χ3v) is 6.63. The fourth-order valence-electron chi connectivity index (χ4n) is 4.60. The summed E-state index contributed by atoms with van der Waals surface area (Å²) in [7, 11) is 4.32. The molecule has 1 aromatic carbocycles. The standard InChI is InChI=1S/C25H33N9/c1-18(2)33-17-27-22-23(26-16-19-8-5-6-9-21(19)34-13-7-12-28-34)29-25(30-24(22)33)32-14-10-20(11-15-32)31(3)4/h5-9,12-13,17-18,20H,10-11,14-16H2,1-4H3,(H,26,29,30). The number of nitrogens with zero attached hydrogens (tertiary/aromatic N) is 8. The summed E-state index contributed by atoms with van der Waals surface area (Å²) in [5.41, 5.74) is 3.85. The van der Waals surface area contributed by atoms with Crippen LogP contribution in [0.3, 0.4) is 0 Å². The highest BCUT2D eigenvalue weighted by Gasteiger charge is 2.24. The molecule has 4 heterocycles.